The molecule has 17 heavy (non-hydrogen) atoms. The molecule has 1 aromatic carbocycles. The molecule has 0 fully saturated rings. The van der Waals surface area contributed by atoms with Crippen molar-refractivity contribution in [2.75, 3.05) is 25.0 Å². The van der Waals surface area contributed by atoms with E-state index in [0.29, 0.717) is 12.2 Å². The third-order valence-corrected chi connectivity index (χ3v) is 2.15. The van der Waals surface area contributed by atoms with Crippen LogP contribution in [-0.4, -0.2) is 25.7 Å². The number of nitrogens with one attached hydrogen (secondary N) is 3. The molecule has 0 heterocycles. The summed E-state index contributed by atoms with van der Waals surface area (Å²) in [5.74, 6) is -0.366. The zero-order chi connectivity index (χ0) is 12.5. The summed E-state index contributed by atoms with van der Waals surface area (Å²) in [5, 5.41) is 8.42. The molecule has 0 atom stereocenters. The molecule has 0 aliphatic rings. The van der Waals surface area contributed by atoms with Crippen molar-refractivity contribution in [1.82, 2.24) is 10.6 Å². The number of urea groups is 1. The van der Waals surface area contributed by atoms with Crippen molar-refractivity contribution in [3.05, 3.63) is 30.1 Å². The summed E-state index contributed by atoms with van der Waals surface area (Å²) < 4.78 is 12.8. The van der Waals surface area contributed by atoms with Gasteiger partial charge in [0, 0.05) is 12.2 Å². The van der Waals surface area contributed by atoms with Crippen LogP contribution in [0.1, 0.15) is 13.3 Å². The molecule has 4 nitrogen and oxygen atoms in total. The molecule has 0 spiro atoms. The van der Waals surface area contributed by atoms with Gasteiger partial charge in [-0.1, -0.05) is 13.0 Å². The molecule has 0 aromatic heterocycles. The summed E-state index contributed by atoms with van der Waals surface area (Å²) in [5.41, 5.74) is 0.453. The SMILES string of the molecule is CCNCCCNC(=O)Nc1cccc(F)c1. The summed E-state index contributed by atoms with van der Waals surface area (Å²) in [4.78, 5) is 11.4. The highest BCUT2D eigenvalue weighted by molar-refractivity contribution is 5.89. The number of amides is 2. The van der Waals surface area contributed by atoms with Crippen LogP contribution in [0.15, 0.2) is 24.3 Å². The first-order valence-electron chi connectivity index (χ1n) is 5.73. The Kier molecular flexibility index (Phi) is 6.03. The van der Waals surface area contributed by atoms with Gasteiger partial charge in [-0.05, 0) is 37.7 Å². The maximum Gasteiger partial charge on any atom is 0.319 e. The minimum absolute atomic E-state index is 0.313. The Bertz CT molecular complexity index is 357. The molecule has 0 saturated carbocycles. The van der Waals surface area contributed by atoms with Gasteiger partial charge in [0.15, 0.2) is 0 Å². The Hall–Kier alpha value is -1.62. The van der Waals surface area contributed by atoms with Crippen LogP contribution in [0.4, 0.5) is 14.9 Å². The maximum atomic E-state index is 12.8. The zero-order valence-corrected chi connectivity index (χ0v) is 9.92. The third kappa shape index (κ3) is 5.87. The fourth-order valence-electron chi connectivity index (χ4n) is 1.33. The van der Waals surface area contributed by atoms with Gasteiger partial charge in [0.05, 0.1) is 0 Å². The molecule has 0 radical (unpaired) electrons. The molecule has 0 saturated heterocycles. The van der Waals surface area contributed by atoms with Crippen molar-refractivity contribution in [1.29, 1.82) is 0 Å². The fourth-order valence-corrected chi connectivity index (χ4v) is 1.33. The summed E-state index contributed by atoms with van der Waals surface area (Å²) >= 11 is 0. The van der Waals surface area contributed by atoms with Gasteiger partial charge in [-0.2, -0.15) is 0 Å². The number of benzene rings is 1. The standard InChI is InChI=1S/C12H18FN3O/c1-2-14-7-4-8-15-12(17)16-11-6-3-5-10(13)9-11/h3,5-6,9,14H,2,4,7-8H2,1H3,(H2,15,16,17). The van der Waals surface area contributed by atoms with E-state index in [1.165, 1.54) is 12.1 Å². The van der Waals surface area contributed by atoms with E-state index in [1.807, 2.05) is 6.92 Å². The lowest BCUT2D eigenvalue weighted by molar-refractivity contribution is 0.252. The topological polar surface area (TPSA) is 53.2 Å². The molecular weight excluding hydrogens is 221 g/mol. The number of carbonyl (C=O) groups excluding carboxylic acids is 1. The van der Waals surface area contributed by atoms with Crippen LogP contribution in [-0.2, 0) is 0 Å². The van der Waals surface area contributed by atoms with E-state index >= 15 is 0 Å². The quantitative estimate of drug-likeness (QED) is 0.664. The summed E-state index contributed by atoms with van der Waals surface area (Å²) in [7, 11) is 0. The highest BCUT2D eigenvalue weighted by Crippen LogP contribution is 2.08. The fraction of sp³-hybridized carbons (Fsp3) is 0.417. The Balaban J connectivity index is 2.21. The molecule has 0 aliphatic carbocycles. The highest BCUT2D eigenvalue weighted by Gasteiger charge is 2.01. The number of carbonyl (C=O) groups is 1. The molecule has 0 aliphatic heterocycles. The van der Waals surface area contributed by atoms with Gasteiger partial charge >= 0.3 is 6.03 Å². The van der Waals surface area contributed by atoms with Crippen LogP contribution < -0.4 is 16.0 Å². The molecule has 0 unspecified atom stereocenters. The Labute approximate surface area is 101 Å². The molecule has 3 N–H and O–H groups in total. The van der Waals surface area contributed by atoms with Crippen LogP contribution in [0, 0.1) is 5.82 Å². The molecule has 94 valence electrons. The van der Waals surface area contributed by atoms with E-state index in [-0.39, 0.29) is 11.8 Å². The minimum Gasteiger partial charge on any atom is -0.338 e. The number of rotatable bonds is 6. The largest absolute Gasteiger partial charge is 0.338 e. The van der Waals surface area contributed by atoms with Gasteiger partial charge in [-0.25, -0.2) is 9.18 Å². The first-order valence-corrected chi connectivity index (χ1v) is 5.73. The Morgan fingerprint density at radius 1 is 1.35 bits per heavy atom. The van der Waals surface area contributed by atoms with Gasteiger partial charge in [-0.3, -0.25) is 0 Å². The van der Waals surface area contributed by atoms with Crippen LogP contribution in [0.3, 0.4) is 0 Å². The predicted octanol–water partition coefficient (Wildman–Crippen LogP) is 1.95. The van der Waals surface area contributed by atoms with Gasteiger partial charge in [0.25, 0.3) is 0 Å². The van der Waals surface area contributed by atoms with Crippen molar-refractivity contribution in [2.24, 2.45) is 0 Å². The Morgan fingerprint density at radius 3 is 2.88 bits per heavy atom. The van der Waals surface area contributed by atoms with E-state index in [4.69, 9.17) is 0 Å². The maximum absolute atomic E-state index is 12.8. The molecular formula is C12H18FN3O. The van der Waals surface area contributed by atoms with E-state index in [9.17, 15) is 9.18 Å². The van der Waals surface area contributed by atoms with Crippen LogP contribution >= 0.6 is 0 Å². The van der Waals surface area contributed by atoms with Gasteiger partial charge in [-0.15, -0.1) is 0 Å². The lowest BCUT2D eigenvalue weighted by Gasteiger charge is -2.07. The normalized spacial score (nSPS) is 10.0. The number of halogens is 1. The van der Waals surface area contributed by atoms with Crippen LogP contribution in [0.5, 0.6) is 0 Å². The second-order valence-electron chi connectivity index (χ2n) is 3.60. The predicted molar refractivity (Wildman–Crippen MR) is 66.6 cm³/mol. The first kappa shape index (κ1) is 13.4. The van der Waals surface area contributed by atoms with Crippen molar-refractivity contribution in [3.8, 4) is 0 Å². The van der Waals surface area contributed by atoms with Crippen molar-refractivity contribution in [2.45, 2.75) is 13.3 Å². The lowest BCUT2D eigenvalue weighted by Crippen LogP contribution is -2.31. The monoisotopic (exact) mass is 239 g/mol. The van der Waals surface area contributed by atoms with E-state index < -0.39 is 0 Å². The zero-order valence-electron chi connectivity index (χ0n) is 9.92. The van der Waals surface area contributed by atoms with Crippen LogP contribution in [0.2, 0.25) is 0 Å². The van der Waals surface area contributed by atoms with Crippen LogP contribution in [0.25, 0.3) is 0 Å². The van der Waals surface area contributed by atoms with Gasteiger partial charge < -0.3 is 16.0 Å². The first-order chi connectivity index (χ1) is 8.22. The number of anilines is 1. The van der Waals surface area contributed by atoms with Crippen molar-refractivity contribution >= 4 is 11.7 Å². The van der Waals surface area contributed by atoms with E-state index in [0.717, 1.165) is 19.5 Å². The molecule has 0 bridgehead atoms. The number of hydrogen-bond acceptors (Lipinski definition) is 2. The average molecular weight is 239 g/mol. The minimum atomic E-state index is -0.366. The second-order valence-corrected chi connectivity index (χ2v) is 3.60. The highest BCUT2D eigenvalue weighted by atomic mass is 19.1. The summed E-state index contributed by atoms with van der Waals surface area (Å²) in [6.45, 7) is 4.42. The molecule has 1 rings (SSSR count). The second kappa shape index (κ2) is 7.62. The molecule has 2 amide bonds. The Morgan fingerprint density at radius 2 is 2.18 bits per heavy atom. The van der Waals surface area contributed by atoms with Gasteiger partial charge in [0.1, 0.15) is 5.82 Å². The van der Waals surface area contributed by atoms with E-state index in [2.05, 4.69) is 16.0 Å². The number of hydrogen-bond donors (Lipinski definition) is 3. The smallest absolute Gasteiger partial charge is 0.319 e. The summed E-state index contributed by atoms with van der Waals surface area (Å²) in [6, 6.07) is 5.49. The third-order valence-electron chi connectivity index (χ3n) is 2.15. The average Bonchev–Trinajstić information content (AvgIpc) is 2.29. The molecule has 5 heteroatoms. The molecule has 1 aromatic rings. The summed E-state index contributed by atoms with van der Waals surface area (Å²) in [6.07, 6.45) is 0.865. The van der Waals surface area contributed by atoms with E-state index in [1.54, 1.807) is 12.1 Å². The van der Waals surface area contributed by atoms with Crippen molar-refractivity contribution < 1.29 is 9.18 Å². The lowest BCUT2D eigenvalue weighted by atomic mass is 10.3. The van der Waals surface area contributed by atoms with Crippen molar-refractivity contribution in [3.63, 3.8) is 0 Å². The van der Waals surface area contributed by atoms with Gasteiger partial charge in [0.2, 0.25) is 0 Å².